The fraction of sp³-hybridized carbons (Fsp3) is 0.125. The predicted molar refractivity (Wildman–Crippen MR) is 80.7 cm³/mol. The molecule has 5 nitrogen and oxygen atoms in total. The Morgan fingerprint density at radius 2 is 2.05 bits per heavy atom. The number of hydrogen-bond acceptors (Lipinski definition) is 4. The molecule has 22 heavy (non-hydrogen) atoms. The number of nitrogens with zero attached hydrogens (tertiary/aromatic N) is 1. The Bertz CT molecular complexity index is 660. The van der Waals surface area contributed by atoms with E-state index < -0.39 is 11.9 Å². The summed E-state index contributed by atoms with van der Waals surface area (Å²) < 4.78 is 23.9. The molecule has 1 amide bonds. The van der Waals surface area contributed by atoms with Gasteiger partial charge in [-0.1, -0.05) is 24.3 Å². The van der Waals surface area contributed by atoms with Crippen molar-refractivity contribution in [3.05, 3.63) is 59.9 Å². The molecule has 0 heterocycles. The minimum atomic E-state index is -0.651. The van der Waals surface area contributed by atoms with E-state index in [9.17, 15) is 9.18 Å². The number of halogens is 1. The zero-order chi connectivity index (χ0) is 15.8. The van der Waals surface area contributed by atoms with Crippen molar-refractivity contribution in [3.8, 4) is 11.5 Å². The molecule has 2 rings (SSSR count). The molecule has 0 spiro atoms. The molecule has 0 aliphatic heterocycles. The standard InChI is InChI=1S/C16H15FN2O3/c1-2-21-16(20)19-18-11-12-8-9-14(17)15(10-12)22-13-6-4-3-5-7-13/h3-11H,2H2,1H3,(H,19,20). The molecule has 0 unspecified atom stereocenters. The third kappa shape index (κ3) is 4.59. The Kier molecular flexibility index (Phi) is 5.48. The number of carbonyl (C=O) groups excluding carboxylic acids is 1. The van der Waals surface area contributed by atoms with Crippen LogP contribution in [0, 0.1) is 5.82 Å². The molecule has 1 N–H and O–H groups in total. The van der Waals surface area contributed by atoms with Crippen molar-refractivity contribution in [2.75, 3.05) is 6.61 Å². The Labute approximate surface area is 127 Å². The van der Waals surface area contributed by atoms with E-state index in [0.29, 0.717) is 11.3 Å². The highest BCUT2D eigenvalue weighted by Gasteiger charge is 2.05. The number of hydrogen-bond donors (Lipinski definition) is 1. The van der Waals surface area contributed by atoms with Crippen molar-refractivity contribution in [2.45, 2.75) is 6.92 Å². The van der Waals surface area contributed by atoms with Crippen LogP contribution in [0.4, 0.5) is 9.18 Å². The van der Waals surface area contributed by atoms with E-state index in [4.69, 9.17) is 4.74 Å². The van der Waals surface area contributed by atoms with Crippen LogP contribution in [0.5, 0.6) is 11.5 Å². The topological polar surface area (TPSA) is 59.9 Å². The average Bonchev–Trinajstić information content (AvgIpc) is 2.52. The molecule has 114 valence electrons. The third-order valence-corrected chi connectivity index (χ3v) is 2.57. The Morgan fingerprint density at radius 3 is 2.77 bits per heavy atom. The summed E-state index contributed by atoms with van der Waals surface area (Å²) in [5, 5.41) is 3.71. The largest absolute Gasteiger partial charge is 0.454 e. The minimum Gasteiger partial charge on any atom is -0.454 e. The first-order chi connectivity index (χ1) is 10.7. The van der Waals surface area contributed by atoms with E-state index in [1.54, 1.807) is 31.2 Å². The monoisotopic (exact) mass is 302 g/mol. The molecule has 0 aromatic heterocycles. The van der Waals surface area contributed by atoms with Gasteiger partial charge < -0.3 is 9.47 Å². The number of rotatable bonds is 5. The summed E-state index contributed by atoms with van der Waals surface area (Å²) in [7, 11) is 0. The molecule has 0 saturated heterocycles. The first kappa shape index (κ1) is 15.5. The number of para-hydroxylation sites is 1. The van der Waals surface area contributed by atoms with E-state index in [2.05, 4.69) is 15.3 Å². The maximum atomic E-state index is 13.7. The highest BCUT2D eigenvalue weighted by atomic mass is 19.1. The van der Waals surface area contributed by atoms with Gasteiger partial charge >= 0.3 is 6.09 Å². The van der Waals surface area contributed by atoms with E-state index in [-0.39, 0.29) is 12.4 Å². The van der Waals surface area contributed by atoms with Crippen LogP contribution < -0.4 is 10.2 Å². The van der Waals surface area contributed by atoms with Gasteiger partial charge in [-0.2, -0.15) is 5.10 Å². The molecule has 0 aliphatic rings. The van der Waals surface area contributed by atoms with Gasteiger partial charge in [0.25, 0.3) is 0 Å². The lowest BCUT2D eigenvalue weighted by atomic mass is 10.2. The molecule has 2 aromatic rings. The number of ether oxygens (including phenoxy) is 2. The van der Waals surface area contributed by atoms with Crippen LogP contribution in [0.2, 0.25) is 0 Å². The van der Waals surface area contributed by atoms with Crippen molar-refractivity contribution in [3.63, 3.8) is 0 Å². The van der Waals surface area contributed by atoms with Gasteiger partial charge in [-0.05, 0) is 36.8 Å². The van der Waals surface area contributed by atoms with Crippen molar-refractivity contribution in [2.24, 2.45) is 5.10 Å². The molecule has 6 heteroatoms. The molecule has 2 aromatic carbocycles. The molecule has 0 fully saturated rings. The van der Waals surface area contributed by atoms with E-state index in [1.165, 1.54) is 24.4 Å². The van der Waals surface area contributed by atoms with Crippen LogP contribution in [0.1, 0.15) is 12.5 Å². The summed E-state index contributed by atoms with van der Waals surface area (Å²) in [5.41, 5.74) is 2.76. The Balaban J connectivity index is 2.06. The zero-order valence-electron chi connectivity index (χ0n) is 12.0. The van der Waals surface area contributed by atoms with Crippen LogP contribution >= 0.6 is 0 Å². The van der Waals surface area contributed by atoms with Crippen LogP contribution in [0.3, 0.4) is 0 Å². The lowest BCUT2D eigenvalue weighted by molar-refractivity contribution is 0.152. The van der Waals surface area contributed by atoms with E-state index in [0.717, 1.165) is 0 Å². The summed E-state index contributed by atoms with van der Waals surface area (Å²) in [4.78, 5) is 11.1. The summed E-state index contributed by atoms with van der Waals surface area (Å²) in [6.07, 6.45) is 0.718. The second-order valence-corrected chi connectivity index (χ2v) is 4.20. The fourth-order valence-electron chi connectivity index (χ4n) is 1.62. The summed E-state index contributed by atoms with van der Waals surface area (Å²) in [6, 6.07) is 13.1. The SMILES string of the molecule is CCOC(=O)NN=Cc1ccc(F)c(Oc2ccccc2)c1. The lowest BCUT2D eigenvalue weighted by Gasteiger charge is -2.07. The summed E-state index contributed by atoms with van der Waals surface area (Å²) in [5.74, 6) is 0.116. The Morgan fingerprint density at radius 1 is 1.27 bits per heavy atom. The lowest BCUT2D eigenvalue weighted by Crippen LogP contribution is -2.18. The van der Waals surface area contributed by atoms with Gasteiger partial charge in [-0.25, -0.2) is 14.6 Å². The zero-order valence-corrected chi connectivity index (χ0v) is 12.0. The average molecular weight is 302 g/mol. The maximum absolute atomic E-state index is 13.7. The van der Waals surface area contributed by atoms with E-state index in [1.807, 2.05) is 6.07 Å². The maximum Gasteiger partial charge on any atom is 0.427 e. The number of carbonyl (C=O) groups is 1. The molecular formula is C16H15FN2O3. The molecule has 0 bridgehead atoms. The highest BCUT2D eigenvalue weighted by molar-refractivity contribution is 5.81. The molecule has 0 radical (unpaired) electrons. The van der Waals surface area contributed by atoms with Crippen LogP contribution in [-0.4, -0.2) is 18.9 Å². The van der Waals surface area contributed by atoms with E-state index >= 15 is 0 Å². The van der Waals surface area contributed by atoms with Crippen molar-refractivity contribution in [1.29, 1.82) is 0 Å². The minimum absolute atomic E-state index is 0.0753. The van der Waals surface area contributed by atoms with Gasteiger partial charge in [0.1, 0.15) is 5.75 Å². The predicted octanol–water partition coefficient (Wildman–Crippen LogP) is 3.70. The van der Waals surface area contributed by atoms with Crippen molar-refractivity contribution < 1.29 is 18.7 Å². The normalized spacial score (nSPS) is 10.5. The van der Waals surface area contributed by atoms with Crippen LogP contribution in [0.15, 0.2) is 53.6 Å². The number of nitrogens with one attached hydrogen (secondary N) is 1. The first-order valence-electron chi connectivity index (χ1n) is 6.67. The molecular weight excluding hydrogens is 287 g/mol. The molecule has 0 saturated carbocycles. The van der Waals surface area contributed by atoms with Gasteiger partial charge in [0.2, 0.25) is 0 Å². The van der Waals surface area contributed by atoms with Gasteiger partial charge in [0.15, 0.2) is 11.6 Å². The van der Waals surface area contributed by atoms with Gasteiger partial charge in [-0.3, -0.25) is 0 Å². The number of amides is 1. The second kappa shape index (κ2) is 7.78. The van der Waals surface area contributed by atoms with Crippen LogP contribution in [0.25, 0.3) is 0 Å². The van der Waals surface area contributed by atoms with Gasteiger partial charge in [-0.15, -0.1) is 0 Å². The van der Waals surface area contributed by atoms with Crippen molar-refractivity contribution >= 4 is 12.3 Å². The summed E-state index contributed by atoms with van der Waals surface area (Å²) >= 11 is 0. The van der Waals surface area contributed by atoms with Gasteiger partial charge in [0, 0.05) is 0 Å². The third-order valence-electron chi connectivity index (χ3n) is 2.57. The van der Waals surface area contributed by atoms with Gasteiger partial charge in [0.05, 0.1) is 12.8 Å². The van der Waals surface area contributed by atoms with Crippen molar-refractivity contribution in [1.82, 2.24) is 5.43 Å². The number of benzene rings is 2. The molecule has 0 atom stereocenters. The highest BCUT2D eigenvalue weighted by Crippen LogP contribution is 2.24. The first-order valence-corrected chi connectivity index (χ1v) is 6.67. The quantitative estimate of drug-likeness (QED) is 0.676. The fourth-order valence-corrected chi connectivity index (χ4v) is 1.62. The smallest absolute Gasteiger partial charge is 0.427 e. The number of hydrazone groups is 1. The van der Waals surface area contributed by atoms with Crippen LogP contribution in [-0.2, 0) is 4.74 Å². The second-order valence-electron chi connectivity index (χ2n) is 4.20. The molecule has 0 aliphatic carbocycles. The Hall–Kier alpha value is -2.89. The summed E-state index contributed by atoms with van der Waals surface area (Å²) in [6.45, 7) is 1.95.